The molecule has 142 valence electrons. The number of piperidine rings is 2. The molecule has 3 aliphatic heterocycles. The first kappa shape index (κ1) is 18.5. The average Bonchev–Trinajstić information content (AvgIpc) is 2.86. The van der Waals surface area contributed by atoms with Crippen molar-refractivity contribution >= 4 is 12.1 Å². The molecule has 3 atom stereocenters. The maximum Gasteiger partial charge on any atom is 0.410 e. The number of nitrogens with zero attached hydrogens (tertiary/aromatic N) is 2. The number of aliphatic carboxylic acids is 1. The SMILES string of the molecule is CCOC(=O)N1C2CCC1CC(N1CCC(C(OC)C(=O)O)CC1)C2. The Hall–Kier alpha value is -1.34. The lowest BCUT2D eigenvalue weighted by molar-refractivity contribution is -0.153. The average molecular weight is 354 g/mol. The summed E-state index contributed by atoms with van der Waals surface area (Å²) in [7, 11) is 1.48. The van der Waals surface area contributed by atoms with Gasteiger partial charge >= 0.3 is 12.1 Å². The van der Waals surface area contributed by atoms with Crippen LogP contribution in [0.2, 0.25) is 0 Å². The fraction of sp³-hybridized carbons (Fsp3) is 0.889. The van der Waals surface area contributed by atoms with Crippen LogP contribution in [0, 0.1) is 5.92 Å². The molecule has 0 saturated carbocycles. The predicted octanol–water partition coefficient (Wildman–Crippen LogP) is 1.95. The molecule has 0 aromatic rings. The zero-order valence-corrected chi connectivity index (χ0v) is 15.2. The molecule has 3 rings (SSSR count). The van der Waals surface area contributed by atoms with Crippen LogP contribution < -0.4 is 0 Å². The Labute approximate surface area is 149 Å². The number of hydrogen-bond donors (Lipinski definition) is 1. The zero-order chi connectivity index (χ0) is 18.0. The van der Waals surface area contributed by atoms with Gasteiger partial charge in [0.1, 0.15) is 0 Å². The van der Waals surface area contributed by atoms with Crippen molar-refractivity contribution in [1.82, 2.24) is 9.80 Å². The molecule has 0 aromatic heterocycles. The topological polar surface area (TPSA) is 79.3 Å². The summed E-state index contributed by atoms with van der Waals surface area (Å²) in [5.41, 5.74) is 0. The monoisotopic (exact) mass is 354 g/mol. The summed E-state index contributed by atoms with van der Waals surface area (Å²) in [6, 6.07) is 1.09. The molecule has 25 heavy (non-hydrogen) atoms. The third-order valence-corrected chi connectivity index (χ3v) is 6.20. The largest absolute Gasteiger partial charge is 0.479 e. The van der Waals surface area contributed by atoms with E-state index >= 15 is 0 Å². The van der Waals surface area contributed by atoms with E-state index in [2.05, 4.69) is 4.90 Å². The summed E-state index contributed by atoms with van der Waals surface area (Å²) in [5.74, 6) is -0.767. The fourth-order valence-corrected chi connectivity index (χ4v) is 5.02. The van der Waals surface area contributed by atoms with Gasteiger partial charge in [-0.2, -0.15) is 0 Å². The number of likely N-dealkylation sites (tertiary alicyclic amines) is 1. The Morgan fingerprint density at radius 3 is 2.16 bits per heavy atom. The van der Waals surface area contributed by atoms with Gasteiger partial charge in [0, 0.05) is 25.2 Å². The smallest absolute Gasteiger partial charge is 0.410 e. The van der Waals surface area contributed by atoms with Crippen molar-refractivity contribution in [1.29, 1.82) is 0 Å². The van der Waals surface area contributed by atoms with E-state index in [0.29, 0.717) is 24.7 Å². The Kier molecular flexibility index (Phi) is 5.84. The summed E-state index contributed by atoms with van der Waals surface area (Å²) in [6.45, 7) is 4.11. The summed E-state index contributed by atoms with van der Waals surface area (Å²) in [4.78, 5) is 27.9. The Bertz CT molecular complexity index is 478. The summed E-state index contributed by atoms with van der Waals surface area (Å²) in [6.07, 6.45) is 5.03. The molecule has 0 spiro atoms. The number of carbonyl (C=O) groups is 2. The van der Waals surface area contributed by atoms with E-state index in [9.17, 15) is 14.7 Å². The van der Waals surface area contributed by atoms with Crippen LogP contribution in [0.4, 0.5) is 4.79 Å². The van der Waals surface area contributed by atoms with Gasteiger partial charge in [-0.25, -0.2) is 9.59 Å². The van der Waals surface area contributed by atoms with Gasteiger partial charge in [-0.1, -0.05) is 0 Å². The molecule has 3 fully saturated rings. The molecular weight excluding hydrogens is 324 g/mol. The molecule has 3 aliphatic rings. The normalized spacial score (nSPS) is 31.8. The molecule has 0 aromatic carbocycles. The lowest BCUT2D eigenvalue weighted by atomic mass is 9.88. The molecule has 3 unspecified atom stereocenters. The van der Waals surface area contributed by atoms with Crippen LogP contribution in [0.5, 0.6) is 0 Å². The van der Waals surface area contributed by atoms with Crippen molar-refractivity contribution in [3.05, 3.63) is 0 Å². The Morgan fingerprint density at radius 1 is 1.08 bits per heavy atom. The lowest BCUT2D eigenvalue weighted by Gasteiger charge is -2.45. The van der Waals surface area contributed by atoms with E-state index in [1.165, 1.54) is 7.11 Å². The molecular formula is C18H30N2O5. The van der Waals surface area contributed by atoms with Crippen molar-refractivity contribution < 1.29 is 24.2 Å². The standard InChI is InChI=1S/C18H30N2O5/c1-3-25-18(23)20-13-4-5-14(20)11-15(10-13)19-8-6-12(7-9-19)16(24-2)17(21)22/h12-16H,3-11H2,1-2H3,(H,21,22). The van der Waals surface area contributed by atoms with Crippen LogP contribution in [0.1, 0.15) is 45.4 Å². The van der Waals surface area contributed by atoms with Gasteiger partial charge in [0.25, 0.3) is 0 Å². The van der Waals surface area contributed by atoms with Crippen molar-refractivity contribution in [3.8, 4) is 0 Å². The van der Waals surface area contributed by atoms with Gasteiger partial charge in [0.2, 0.25) is 0 Å². The number of fused-ring (bicyclic) bond motifs is 2. The van der Waals surface area contributed by atoms with Gasteiger partial charge in [0.15, 0.2) is 6.10 Å². The van der Waals surface area contributed by atoms with E-state index in [0.717, 1.165) is 51.6 Å². The maximum atomic E-state index is 12.2. The quantitative estimate of drug-likeness (QED) is 0.813. The highest BCUT2D eigenvalue weighted by Crippen LogP contribution is 2.39. The van der Waals surface area contributed by atoms with Gasteiger partial charge in [-0.05, 0) is 64.5 Å². The van der Waals surface area contributed by atoms with Crippen LogP contribution in [0.25, 0.3) is 0 Å². The van der Waals surface area contributed by atoms with E-state index < -0.39 is 12.1 Å². The van der Waals surface area contributed by atoms with Gasteiger partial charge in [-0.15, -0.1) is 0 Å². The number of ether oxygens (including phenoxy) is 2. The van der Waals surface area contributed by atoms with E-state index in [-0.39, 0.29) is 12.0 Å². The van der Waals surface area contributed by atoms with Crippen molar-refractivity contribution in [3.63, 3.8) is 0 Å². The highest BCUT2D eigenvalue weighted by Gasteiger charge is 2.46. The fourth-order valence-electron chi connectivity index (χ4n) is 5.02. The first-order chi connectivity index (χ1) is 12.0. The van der Waals surface area contributed by atoms with Crippen molar-refractivity contribution in [2.45, 2.75) is 69.7 Å². The van der Waals surface area contributed by atoms with E-state index in [1.54, 1.807) is 0 Å². The predicted molar refractivity (Wildman–Crippen MR) is 91.4 cm³/mol. The molecule has 3 saturated heterocycles. The van der Waals surface area contributed by atoms with E-state index in [1.807, 2.05) is 11.8 Å². The van der Waals surface area contributed by atoms with Crippen LogP contribution in [0.3, 0.4) is 0 Å². The molecule has 7 nitrogen and oxygen atoms in total. The third-order valence-electron chi connectivity index (χ3n) is 6.20. The third kappa shape index (κ3) is 3.77. The first-order valence-corrected chi connectivity index (χ1v) is 9.49. The van der Waals surface area contributed by atoms with Gasteiger partial charge < -0.3 is 24.4 Å². The molecule has 0 radical (unpaired) electrons. The second kappa shape index (κ2) is 7.91. The molecule has 0 aliphatic carbocycles. The minimum atomic E-state index is -0.860. The first-order valence-electron chi connectivity index (χ1n) is 9.49. The van der Waals surface area contributed by atoms with Crippen LogP contribution in [-0.2, 0) is 14.3 Å². The van der Waals surface area contributed by atoms with E-state index in [4.69, 9.17) is 9.47 Å². The lowest BCUT2D eigenvalue weighted by Crippen LogP contribution is -2.54. The summed E-state index contributed by atoms with van der Waals surface area (Å²) < 4.78 is 10.4. The number of carbonyl (C=O) groups excluding carboxylic acids is 1. The number of hydrogen-bond acceptors (Lipinski definition) is 5. The maximum absolute atomic E-state index is 12.2. The van der Waals surface area contributed by atoms with Crippen LogP contribution >= 0.6 is 0 Å². The summed E-state index contributed by atoms with van der Waals surface area (Å²) >= 11 is 0. The highest BCUT2D eigenvalue weighted by atomic mass is 16.6. The Balaban J connectivity index is 1.54. The highest BCUT2D eigenvalue weighted by molar-refractivity contribution is 5.72. The zero-order valence-electron chi connectivity index (χ0n) is 15.2. The van der Waals surface area contributed by atoms with Crippen molar-refractivity contribution in [2.24, 2.45) is 5.92 Å². The number of methoxy groups -OCH3 is 1. The second-order valence-electron chi connectivity index (χ2n) is 7.48. The molecule has 1 N–H and O–H groups in total. The minimum absolute atomic E-state index is 0.0927. The summed E-state index contributed by atoms with van der Waals surface area (Å²) in [5, 5.41) is 9.25. The number of carboxylic acid groups (broad SMARTS) is 1. The number of rotatable bonds is 5. The minimum Gasteiger partial charge on any atom is -0.479 e. The molecule has 7 heteroatoms. The van der Waals surface area contributed by atoms with Crippen LogP contribution in [-0.4, -0.2) is 78.0 Å². The van der Waals surface area contributed by atoms with Gasteiger partial charge in [-0.3, -0.25) is 0 Å². The number of amides is 1. The molecule has 2 bridgehead atoms. The second-order valence-corrected chi connectivity index (χ2v) is 7.48. The van der Waals surface area contributed by atoms with Gasteiger partial charge in [0.05, 0.1) is 6.61 Å². The van der Waals surface area contributed by atoms with Crippen molar-refractivity contribution in [2.75, 3.05) is 26.8 Å². The number of carboxylic acids is 1. The molecule has 3 heterocycles. The Morgan fingerprint density at radius 2 is 1.68 bits per heavy atom. The van der Waals surface area contributed by atoms with Crippen LogP contribution in [0.15, 0.2) is 0 Å². The molecule has 1 amide bonds.